The number of ether oxygens (including phenoxy) is 20. The summed E-state index contributed by atoms with van der Waals surface area (Å²) in [6.45, 7) is 9.60. The summed E-state index contributed by atoms with van der Waals surface area (Å²) >= 11 is 0. The molecule has 8 aliphatic rings. The summed E-state index contributed by atoms with van der Waals surface area (Å²) in [5, 5.41) is 0. The van der Waals surface area contributed by atoms with Crippen LogP contribution in [0.5, 0.6) is 57.5 Å². The number of hydrogen-bond acceptors (Lipinski definition) is 20. The van der Waals surface area contributed by atoms with Gasteiger partial charge in [-0.3, -0.25) is 0 Å². The van der Waals surface area contributed by atoms with Gasteiger partial charge in [0.2, 0.25) is 0 Å². The molecule has 15 rings (SSSR count). The first-order chi connectivity index (χ1) is 47.7. The lowest BCUT2D eigenvalue weighted by Gasteiger charge is -2.49. The minimum Gasteiger partial charge on any atom is -0.491 e. The molecule has 2 aliphatic heterocycles. The molecule has 7 aromatic carbocycles. The summed E-state index contributed by atoms with van der Waals surface area (Å²) in [7, 11) is 3.41. The number of rotatable bonds is 8. The van der Waals surface area contributed by atoms with Gasteiger partial charge in [-0.15, -0.1) is 0 Å². The van der Waals surface area contributed by atoms with Gasteiger partial charge in [-0.25, -0.2) is 0 Å². The first-order valence-corrected chi connectivity index (χ1v) is 33.5. The third-order valence-corrected chi connectivity index (χ3v) is 17.6. The van der Waals surface area contributed by atoms with Gasteiger partial charge in [0.1, 0.15) is 77.6 Å². The highest BCUT2D eigenvalue weighted by molar-refractivity contribution is 5.83. The molecule has 0 amide bonds. The standard InChI is InChI=1S/C76H86O20/c1-77-19-37-95-75-71-67-51-11-3-5-13-53(51)69(57-49-65-63(47-55(57)67)91-43-33-83-25-21-79-29-39-87-59-15-7-9-17-61(59)89-41-31-81-23-27-85-35-45-93-65)73(71)76(96-38-20-78-2)74-70-54-14-6-4-12-52(54)68(72(74)75)56-48-64-66(50-58(56)70)94-46-36-86-28-24-82-32-42-90-62-18-10-8-16-60(62)88-40-30-80-22-26-84-34-44-92-64/h3-18,47-50,67-70H,19-46H2,1-2H3. The topological polar surface area (TPSA) is 185 Å². The Hall–Kier alpha value is -7.86. The van der Waals surface area contributed by atoms with Crippen molar-refractivity contribution in [3.63, 3.8) is 0 Å². The number of fused-ring (bicyclic) bond motifs is 4. The Kier molecular flexibility index (Phi) is 23.6. The Balaban J connectivity index is 0.844. The van der Waals surface area contributed by atoms with Crippen molar-refractivity contribution in [2.45, 2.75) is 23.7 Å². The van der Waals surface area contributed by atoms with Crippen LogP contribution in [0.25, 0.3) is 0 Å². The van der Waals surface area contributed by atoms with E-state index in [1.807, 2.05) is 48.5 Å². The van der Waals surface area contributed by atoms with E-state index in [1.54, 1.807) is 14.2 Å². The summed E-state index contributed by atoms with van der Waals surface area (Å²) in [4.78, 5) is 0. The highest BCUT2D eigenvalue weighted by Crippen LogP contribution is 2.69. The zero-order valence-electron chi connectivity index (χ0n) is 54.8. The maximum absolute atomic E-state index is 7.38. The molecule has 6 aliphatic carbocycles. The summed E-state index contributed by atoms with van der Waals surface area (Å²) < 4.78 is 125. The summed E-state index contributed by atoms with van der Waals surface area (Å²) in [6.07, 6.45) is 0. The molecule has 0 aromatic heterocycles. The highest BCUT2D eigenvalue weighted by atomic mass is 16.6. The van der Waals surface area contributed by atoms with E-state index in [9.17, 15) is 0 Å². The van der Waals surface area contributed by atoms with E-state index >= 15 is 0 Å². The smallest absolute Gasteiger partial charge is 0.161 e. The monoisotopic (exact) mass is 1320 g/mol. The second-order valence-corrected chi connectivity index (χ2v) is 23.4. The quantitative estimate of drug-likeness (QED) is 0.131. The van der Waals surface area contributed by atoms with Crippen LogP contribution in [-0.2, 0) is 47.4 Å². The average Bonchev–Trinajstić information content (AvgIpc) is 0.667. The van der Waals surface area contributed by atoms with Crippen molar-refractivity contribution in [2.75, 3.05) is 199 Å². The zero-order valence-corrected chi connectivity index (χ0v) is 54.8. The third kappa shape index (κ3) is 15.3. The van der Waals surface area contributed by atoms with Crippen molar-refractivity contribution in [3.05, 3.63) is 188 Å². The van der Waals surface area contributed by atoms with Gasteiger partial charge in [-0.2, -0.15) is 0 Å². The number of benzene rings is 7. The van der Waals surface area contributed by atoms with Crippen molar-refractivity contribution >= 4 is 0 Å². The molecule has 20 heteroatoms. The van der Waals surface area contributed by atoms with Crippen LogP contribution in [0.15, 0.2) is 121 Å². The van der Waals surface area contributed by atoms with Crippen molar-refractivity contribution < 1.29 is 94.7 Å². The van der Waals surface area contributed by atoms with Crippen LogP contribution in [-0.4, -0.2) is 199 Å². The van der Waals surface area contributed by atoms with E-state index in [0.29, 0.717) is 205 Å². The number of para-hydroxylation sites is 4. The lowest BCUT2D eigenvalue weighted by atomic mass is 9.55. The van der Waals surface area contributed by atoms with Crippen molar-refractivity contribution in [1.82, 2.24) is 0 Å². The van der Waals surface area contributed by atoms with Crippen LogP contribution in [0.4, 0.5) is 0 Å². The van der Waals surface area contributed by atoms with Gasteiger partial charge in [0.05, 0.1) is 119 Å². The van der Waals surface area contributed by atoms with Gasteiger partial charge in [0, 0.05) is 60.1 Å². The average molecular weight is 1320 g/mol. The first kappa shape index (κ1) is 66.7. The lowest BCUT2D eigenvalue weighted by molar-refractivity contribution is 0.0223. The molecule has 0 fully saturated rings. The minimum atomic E-state index is -0.324. The van der Waals surface area contributed by atoms with Crippen LogP contribution >= 0.6 is 0 Å². The van der Waals surface area contributed by atoms with E-state index in [4.69, 9.17) is 94.7 Å². The predicted molar refractivity (Wildman–Crippen MR) is 354 cm³/mol. The van der Waals surface area contributed by atoms with Gasteiger partial charge in [-0.05, 0) is 93.0 Å². The van der Waals surface area contributed by atoms with E-state index in [2.05, 4.69) is 72.8 Å². The summed E-state index contributed by atoms with van der Waals surface area (Å²) in [6, 6.07) is 41.3. The van der Waals surface area contributed by atoms with E-state index in [1.165, 1.54) is 22.3 Å². The second kappa shape index (κ2) is 33.9. The molecule has 4 bridgehead atoms. The summed E-state index contributed by atoms with van der Waals surface area (Å²) in [5.74, 6) is 5.26. The maximum atomic E-state index is 7.38. The van der Waals surface area contributed by atoms with Gasteiger partial charge in [-0.1, -0.05) is 72.8 Å². The fourth-order valence-electron chi connectivity index (χ4n) is 13.7. The van der Waals surface area contributed by atoms with Crippen molar-refractivity contribution in [2.24, 2.45) is 0 Å². The molecule has 4 unspecified atom stereocenters. The first-order valence-electron chi connectivity index (χ1n) is 33.5. The molecular weight excluding hydrogens is 1230 g/mol. The molecule has 96 heavy (non-hydrogen) atoms. The maximum Gasteiger partial charge on any atom is 0.161 e. The van der Waals surface area contributed by atoms with Crippen molar-refractivity contribution in [1.29, 1.82) is 0 Å². The lowest BCUT2D eigenvalue weighted by Crippen LogP contribution is -2.34. The molecule has 0 saturated heterocycles. The molecule has 510 valence electrons. The third-order valence-electron chi connectivity index (χ3n) is 17.6. The Labute approximate surface area is 560 Å². The molecule has 0 saturated carbocycles. The van der Waals surface area contributed by atoms with E-state index in [0.717, 1.165) is 56.0 Å². The zero-order chi connectivity index (χ0) is 65.1. The van der Waals surface area contributed by atoms with Crippen LogP contribution in [0.1, 0.15) is 90.4 Å². The van der Waals surface area contributed by atoms with Gasteiger partial charge >= 0.3 is 0 Å². The Morgan fingerprint density at radius 1 is 0.240 bits per heavy atom. The molecule has 20 nitrogen and oxygen atoms in total. The highest BCUT2D eigenvalue weighted by Gasteiger charge is 2.53. The SMILES string of the molecule is COCCOc1c2c(c(OCCOC)c3c1C1c4ccccc4C3c3cc4c(cc31)OCCOCCOCCOc1ccccc1OCCOCCOCCO4)C1c3ccccc3C2c2cc3c(cc21)OCCOCCOCCOc1ccccc1OCCOCCOCCO3. The van der Waals surface area contributed by atoms with Gasteiger partial charge in [0.15, 0.2) is 46.0 Å². The van der Waals surface area contributed by atoms with Crippen LogP contribution in [0.3, 0.4) is 0 Å². The molecule has 0 N–H and O–H groups in total. The molecule has 7 aromatic rings. The molecular formula is C76H86O20. The molecule has 0 radical (unpaired) electrons. The molecule has 2 heterocycles. The summed E-state index contributed by atoms with van der Waals surface area (Å²) in [5.41, 5.74) is 13.2. The molecule has 0 spiro atoms. The van der Waals surface area contributed by atoms with Gasteiger partial charge in [0.25, 0.3) is 0 Å². The number of hydrogen-bond donors (Lipinski definition) is 0. The fourth-order valence-corrected chi connectivity index (χ4v) is 13.7. The Bertz CT molecular complexity index is 3210. The van der Waals surface area contributed by atoms with E-state index < -0.39 is 0 Å². The minimum absolute atomic E-state index is 0.259. The normalized spacial score (nSPS) is 20.6. The van der Waals surface area contributed by atoms with E-state index in [-0.39, 0.29) is 50.1 Å². The van der Waals surface area contributed by atoms with Crippen LogP contribution < -0.4 is 47.4 Å². The van der Waals surface area contributed by atoms with Gasteiger partial charge < -0.3 is 94.7 Å². The predicted octanol–water partition coefficient (Wildman–Crippen LogP) is 10.3. The second-order valence-electron chi connectivity index (χ2n) is 23.4. The fraction of sp³-hybridized carbons (Fsp3) is 0.447. The van der Waals surface area contributed by atoms with Crippen LogP contribution in [0, 0.1) is 0 Å². The Morgan fingerprint density at radius 3 is 0.656 bits per heavy atom. The van der Waals surface area contributed by atoms with Crippen molar-refractivity contribution in [3.8, 4) is 57.5 Å². The Morgan fingerprint density at radius 2 is 0.438 bits per heavy atom. The largest absolute Gasteiger partial charge is 0.491 e. The van der Waals surface area contributed by atoms with Crippen LogP contribution in [0.2, 0.25) is 0 Å². The molecule has 4 atom stereocenters. The number of methoxy groups -OCH3 is 2.